The molecule has 0 radical (unpaired) electrons. The molecule has 21 heavy (non-hydrogen) atoms. The normalized spacial score (nSPS) is 20.2. The smallest absolute Gasteiger partial charge is 0.237 e. The Bertz CT molecular complexity index is 472. The van der Waals surface area contributed by atoms with Crippen LogP contribution in [0.4, 0.5) is 0 Å². The summed E-state index contributed by atoms with van der Waals surface area (Å²) in [5, 5.41) is 4.30. The maximum atomic E-state index is 12.4. The molecule has 4 nitrogen and oxygen atoms in total. The first-order valence-corrected chi connectivity index (χ1v) is 8.86. The number of carbonyl (C=O) groups excluding carboxylic acids is 1. The zero-order valence-electron chi connectivity index (χ0n) is 13.4. The van der Waals surface area contributed by atoms with Gasteiger partial charge >= 0.3 is 0 Å². The van der Waals surface area contributed by atoms with Crippen molar-refractivity contribution in [2.75, 3.05) is 13.6 Å². The fourth-order valence-electron chi connectivity index (χ4n) is 2.84. The van der Waals surface area contributed by atoms with E-state index in [2.05, 4.69) is 29.2 Å². The van der Waals surface area contributed by atoms with Gasteiger partial charge in [-0.3, -0.25) is 9.69 Å². The Balaban J connectivity index is 1.90. The van der Waals surface area contributed by atoms with Gasteiger partial charge in [0, 0.05) is 4.88 Å². The molecule has 0 unspecified atom stereocenters. The third kappa shape index (κ3) is 4.51. The van der Waals surface area contributed by atoms with Crippen molar-refractivity contribution >= 4 is 17.2 Å². The van der Waals surface area contributed by atoms with Gasteiger partial charge < -0.3 is 5.32 Å². The summed E-state index contributed by atoms with van der Waals surface area (Å²) in [5.41, 5.74) is 1.07. The molecule has 1 saturated heterocycles. The van der Waals surface area contributed by atoms with Gasteiger partial charge in [0.25, 0.3) is 0 Å². The Hall–Kier alpha value is -0.940. The van der Waals surface area contributed by atoms with Crippen LogP contribution in [0.1, 0.15) is 54.6 Å². The highest BCUT2D eigenvalue weighted by molar-refractivity contribution is 7.11. The van der Waals surface area contributed by atoms with Gasteiger partial charge in [0.2, 0.25) is 5.91 Å². The lowest BCUT2D eigenvalue weighted by Gasteiger charge is -2.24. The van der Waals surface area contributed by atoms with Gasteiger partial charge in [-0.05, 0) is 46.2 Å². The second-order valence-corrected chi connectivity index (χ2v) is 7.10. The van der Waals surface area contributed by atoms with Crippen molar-refractivity contribution in [2.45, 2.75) is 65.0 Å². The van der Waals surface area contributed by atoms with E-state index in [1.165, 1.54) is 22.7 Å². The molecule has 2 heterocycles. The lowest BCUT2D eigenvalue weighted by molar-refractivity contribution is -0.126. The molecule has 0 saturated carbocycles. The highest BCUT2D eigenvalue weighted by atomic mass is 32.1. The number of nitrogens with zero attached hydrogens (tertiary/aromatic N) is 2. The monoisotopic (exact) mass is 309 g/mol. The van der Waals surface area contributed by atoms with E-state index in [9.17, 15) is 4.79 Å². The third-order valence-corrected chi connectivity index (χ3v) is 5.36. The molecular weight excluding hydrogens is 282 g/mol. The van der Waals surface area contributed by atoms with Crippen LogP contribution in [0, 0.1) is 6.92 Å². The molecule has 1 fully saturated rings. The van der Waals surface area contributed by atoms with Crippen molar-refractivity contribution in [3.8, 4) is 0 Å². The summed E-state index contributed by atoms with van der Waals surface area (Å²) >= 11 is 1.74. The molecule has 1 amide bonds. The minimum atomic E-state index is 0.0378. The minimum Gasteiger partial charge on any atom is -0.350 e. The lowest BCUT2D eigenvalue weighted by Crippen LogP contribution is -2.44. The predicted octanol–water partition coefficient (Wildman–Crippen LogP) is 2.89. The standard InChI is InChI=1S/C16H27N3OS/c1-4-8-15-18-12(2)14(21-15)11-17-16(20)13-9-6-5-7-10-19(13)3/h13H,4-11H2,1-3H3,(H,17,20)/t13-/m1/s1. The van der Waals surface area contributed by atoms with Crippen molar-refractivity contribution < 1.29 is 4.79 Å². The van der Waals surface area contributed by atoms with E-state index in [0.717, 1.165) is 37.9 Å². The highest BCUT2D eigenvalue weighted by Gasteiger charge is 2.24. The molecule has 0 aromatic carbocycles. The van der Waals surface area contributed by atoms with E-state index in [-0.39, 0.29) is 11.9 Å². The topological polar surface area (TPSA) is 45.2 Å². The van der Waals surface area contributed by atoms with Crippen LogP contribution in [0.15, 0.2) is 0 Å². The highest BCUT2D eigenvalue weighted by Crippen LogP contribution is 2.20. The molecule has 0 spiro atoms. The average Bonchev–Trinajstić information content (AvgIpc) is 2.66. The minimum absolute atomic E-state index is 0.0378. The number of likely N-dealkylation sites (N-methyl/N-ethyl adjacent to an activating group) is 1. The number of amides is 1. The number of hydrogen-bond acceptors (Lipinski definition) is 4. The van der Waals surface area contributed by atoms with Gasteiger partial charge in [0.1, 0.15) is 0 Å². The largest absolute Gasteiger partial charge is 0.350 e. The first kappa shape index (κ1) is 16.4. The maximum absolute atomic E-state index is 12.4. The second kappa shape index (κ2) is 7.90. The van der Waals surface area contributed by atoms with E-state index in [0.29, 0.717) is 6.54 Å². The predicted molar refractivity (Wildman–Crippen MR) is 87.6 cm³/mol. The summed E-state index contributed by atoms with van der Waals surface area (Å²) in [4.78, 5) is 20.4. The van der Waals surface area contributed by atoms with Crippen LogP contribution in [0.25, 0.3) is 0 Å². The molecule has 1 aromatic heterocycles. The number of nitrogens with one attached hydrogen (secondary N) is 1. The van der Waals surface area contributed by atoms with Gasteiger partial charge in [-0.15, -0.1) is 11.3 Å². The van der Waals surface area contributed by atoms with Crippen LogP contribution < -0.4 is 5.32 Å². The zero-order valence-corrected chi connectivity index (χ0v) is 14.3. The van der Waals surface area contributed by atoms with Crippen molar-refractivity contribution in [1.29, 1.82) is 0 Å². The lowest BCUT2D eigenvalue weighted by atomic mass is 10.1. The summed E-state index contributed by atoms with van der Waals surface area (Å²) in [6.45, 7) is 5.85. The van der Waals surface area contributed by atoms with Gasteiger partial charge in [-0.1, -0.05) is 19.8 Å². The van der Waals surface area contributed by atoms with Crippen LogP contribution in [-0.2, 0) is 17.8 Å². The maximum Gasteiger partial charge on any atom is 0.237 e. The van der Waals surface area contributed by atoms with Crippen molar-refractivity contribution in [1.82, 2.24) is 15.2 Å². The number of thiazole rings is 1. The summed E-state index contributed by atoms with van der Waals surface area (Å²) in [5.74, 6) is 0.171. The van der Waals surface area contributed by atoms with Gasteiger partial charge in [0.05, 0.1) is 23.3 Å². The number of aryl methyl sites for hydroxylation is 2. The Kier molecular flexibility index (Phi) is 6.18. The van der Waals surface area contributed by atoms with Crippen molar-refractivity contribution in [3.05, 3.63) is 15.6 Å². The second-order valence-electron chi connectivity index (χ2n) is 5.93. The number of hydrogen-bond donors (Lipinski definition) is 1. The quantitative estimate of drug-likeness (QED) is 0.909. The Morgan fingerprint density at radius 3 is 3.00 bits per heavy atom. The molecule has 2 rings (SSSR count). The Labute approximate surface area is 132 Å². The molecule has 1 N–H and O–H groups in total. The molecule has 0 bridgehead atoms. The molecule has 5 heteroatoms. The van der Waals surface area contributed by atoms with Crippen molar-refractivity contribution in [3.63, 3.8) is 0 Å². The molecule has 118 valence electrons. The summed E-state index contributed by atoms with van der Waals surface area (Å²) in [6.07, 6.45) is 6.72. The van der Waals surface area contributed by atoms with E-state index in [1.807, 2.05) is 6.92 Å². The first-order valence-electron chi connectivity index (χ1n) is 8.05. The third-order valence-electron chi connectivity index (χ3n) is 4.15. The number of aromatic nitrogens is 1. The fraction of sp³-hybridized carbons (Fsp3) is 0.750. The average molecular weight is 309 g/mol. The Morgan fingerprint density at radius 2 is 2.24 bits per heavy atom. The van der Waals surface area contributed by atoms with Crippen LogP contribution in [0.3, 0.4) is 0 Å². The summed E-state index contributed by atoms with van der Waals surface area (Å²) in [6, 6.07) is 0.0378. The molecule has 0 aliphatic carbocycles. The van der Waals surface area contributed by atoms with E-state index in [1.54, 1.807) is 11.3 Å². The van der Waals surface area contributed by atoms with Gasteiger partial charge in [-0.2, -0.15) is 0 Å². The number of carbonyl (C=O) groups is 1. The van der Waals surface area contributed by atoms with E-state index < -0.39 is 0 Å². The SMILES string of the molecule is CCCc1nc(C)c(CNC(=O)[C@H]2CCCCCN2C)s1. The molecule has 1 aromatic rings. The van der Waals surface area contributed by atoms with E-state index in [4.69, 9.17) is 0 Å². The molecular formula is C16H27N3OS. The fourth-order valence-corrected chi connectivity index (χ4v) is 3.95. The molecule has 1 atom stereocenters. The molecule has 1 aliphatic rings. The first-order chi connectivity index (χ1) is 10.1. The van der Waals surface area contributed by atoms with Crippen LogP contribution in [-0.4, -0.2) is 35.4 Å². The summed E-state index contributed by atoms with van der Waals surface area (Å²) < 4.78 is 0. The van der Waals surface area contributed by atoms with E-state index >= 15 is 0 Å². The zero-order chi connectivity index (χ0) is 15.2. The van der Waals surface area contributed by atoms with Gasteiger partial charge in [0.15, 0.2) is 0 Å². The van der Waals surface area contributed by atoms with Crippen LogP contribution in [0.2, 0.25) is 0 Å². The van der Waals surface area contributed by atoms with Crippen molar-refractivity contribution in [2.24, 2.45) is 0 Å². The summed E-state index contributed by atoms with van der Waals surface area (Å²) in [7, 11) is 2.06. The number of likely N-dealkylation sites (tertiary alicyclic amines) is 1. The molecule has 1 aliphatic heterocycles. The Morgan fingerprint density at radius 1 is 1.43 bits per heavy atom. The van der Waals surface area contributed by atoms with Crippen LogP contribution in [0.5, 0.6) is 0 Å². The number of rotatable bonds is 5. The van der Waals surface area contributed by atoms with Crippen LogP contribution >= 0.6 is 11.3 Å². The van der Waals surface area contributed by atoms with Gasteiger partial charge in [-0.25, -0.2) is 4.98 Å².